The maximum Gasteiger partial charge on any atom is 0.193 e. The van der Waals surface area contributed by atoms with Crippen LogP contribution in [-0.4, -0.2) is 16.2 Å². The number of hydrogen-bond donors (Lipinski definition) is 0. The standard InChI is InChI=1S/C7H7BrClNO/c1-10-5(6(11)4-9)2-3-7(10)8/h2-3H,4H2,1H3. The first-order valence-electron chi connectivity index (χ1n) is 3.07. The number of Topliss-reactive ketones (excluding diaryl/α,β-unsaturated/α-hetero) is 1. The van der Waals surface area contributed by atoms with Crippen molar-refractivity contribution in [1.29, 1.82) is 0 Å². The molecule has 0 spiro atoms. The molecule has 0 bridgehead atoms. The molecule has 0 aromatic carbocycles. The van der Waals surface area contributed by atoms with E-state index in [1.807, 2.05) is 13.1 Å². The van der Waals surface area contributed by atoms with Crippen LogP contribution in [0.4, 0.5) is 0 Å². The van der Waals surface area contributed by atoms with E-state index in [1.54, 1.807) is 10.6 Å². The van der Waals surface area contributed by atoms with Gasteiger partial charge in [-0.1, -0.05) is 0 Å². The van der Waals surface area contributed by atoms with Gasteiger partial charge in [0.1, 0.15) is 0 Å². The van der Waals surface area contributed by atoms with Crippen LogP contribution in [0.15, 0.2) is 16.7 Å². The Hall–Kier alpha value is -0.280. The molecule has 4 heteroatoms. The summed E-state index contributed by atoms with van der Waals surface area (Å²) in [6.45, 7) is 0. The first-order valence-corrected chi connectivity index (χ1v) is 4.40. The topological polar surface area (TPSA) is 22.0 Å². The highest BCUT2D eigenvalue weighted by Gasteiger charge is 2.08. The minimum atomic E-state index is -0.0557. The Labute approximate surface area is 78.3 Å². The van der Waals surface area contributed by atoms with Crippen LogP contribution in [0.25, 0.3) is 0 Å². The first kappa shape index (κ1) is 8.81. The normalized spacial score (nSPS) is 10.1. The summed E-state index contributed by atoms with van der Waals surface area (Å²) in [7, 11) is 1.81. The number of alkyl halides is 1. The Kier molecular flexibility index (Phi) is 2.73. The molecule has 1 aromatic heterocycles. The molecular formula is C7H7BrClNO. The molecule has 0 unspecified atom stereocenters. The van der Waals surface area contributed by atoms with E-state index in [0.29, 0.717) is 5.69 Å². The molecule has 2 nitrogen and oxygen atoms in total. The van der Waals surface area contributed by atoms with Gasteiger partial charge in [-0.05, 0) is 28.1 Å². The van der Waals surface area contributed by atoms with E-state index in [9.17, 15) is 4.79 Å². The van der Waals surface area contributed by atoms with Gasteiger partial charge in [0.05, 0.1) is 16.2 Å². The predicted molar refractivity (Wildman–Crippen MR) is 48.2 cm³/mol. The molecule has 0 aliphatic heterocycles. The monoisotopic (exact) mass is 235 g/mol. The zero-order chi connectivity index (χ0) is 8.43. The Morgan fingerprint density at radius 1 is 1.73 bits per heavy atom. The molecule has 1 rings (SSSR count). The number of carbonyl (C=O) groups excluding carboxylic acids is 1. The minimum Gasteiger partial charge on any atom is -0.336 e. The summed E-state index contributed by atoms with van der Waals surface area (Å²) in [5.74, 6) is -0.0236. The molecule has 0 aliphatic rings. The Morgan fingerprint density at radius 2 is 2.36 bits per heavy atom. The van der Waals surface area contributed by atoms with E-state index in [0.717, 1.165) is 4.60 Å². The average Bonchev–Trinajstić information content (AvgIpc) is 2.32. The van der Waals surface area contributed by atoms with Gasteiger partial charge in [0.2, 0.25) is 0 Å². The summed E-state index contributed by atoms with van der Waals surface area (Å²) in [5, 5.41) is 0. The van der Waals surface area contributed by atoms with Crippen LogP contribution < -0.4 is 0 Å². The van der Waals surface area contributed by atoms with Crippen molar-refractivity contribution >= 4 is 33.3 Å². The van der Waals surface area contributed by atoms with Crippen molar-refractivity contribution in [1.82, 2.24) is 4.57 Å². The van der Waals surface area contributed by atoms with Gasteiger partial charge in [0, 0.05) is 7.05 Å². The van der Waals surface area contributed by atoms with Crippen molar-refractivity contribution in [2.24, 2.45) is 7.05 Å². The highest BCUT2D eigenvalue weighted by atomic mass is 79.9. The second-order valence-corrected chi connectivity index (χ2v) is 3.24. The van der Waals surface area contributed by atoms with Gasteiger partial charge < -0.3 is 4.57 Å². The van der Waals surface area contributed by atoms with E-state index in [1.165, 1.54) is 0 Å². The molecule has 0 saturated heterocycles. The van der Waals surface area contributed by atoms with Gasteiger partial charge in [-0.3, -0.25) is 4.79 Å². The SMILES string of the molecule is Cn1c(Br)ccc1C(=O)CCl. The summed E-state index contributed by atoms with van der Waals surface area (Å²) in [6, 6.07) is 3.56. The fraction of sp³-hybridized carbons (Fsp3) is 0.286. The lowest BCUT2D eigenvalue weighted by Gasteiger charge is -1.99. The van der Waals surface area contributed by atoms with Crippen LogP contribution in [0.3, 0.4) is 0 Å². The highest BCUT2D eigenvalue weighted by molar-refractivity contribution is 9.10. The average molecular weight is 236 g/mol. The quantitative estimate of drug-likeness (QED) is 0.570. The van der Waals surface area contributed by atoms with Crippen molar-refractivity contribution in [3.8, 4) is 0 Å². The fourth-order valence-electron chi connectivity index (χ4n) is 0.835. The smallest absolute Gasteiger partial charge is 0.193 e. The fourth-order valence-corrected chi connectivity index (χ4v) is 1.29. The largest absolute Gasteiger partial charge is 0.336 e. The number of halogens is 2. The molecular weight excluding hydrogens is 229 g/mol. The zero-order valence-electron chi connectivity index (χ0n) is 5.97. The first-order chi connectivity index (χ1) is 5.16. The Bertz CT molecular complexity index is 282. The van der Waals surface area contributed by atoms with Crippen molar-refractivity contribution in [2.75, 3.05) is 5.88 Å². The van der Waals surface area contributed by atoms with Gasteiger partial charge >= 0.3 is 0 Å². The maximum absolute atomic E-state index is 11.1. The molecule has 60 valence electrons. The maximum atomic E-state index is 11.1. The van der Waals surface area contributed by atoms with Gasteiger partial charge in [-0.2, -0.15) is 0 Å². The highest BCUT2D eigenvalue weighted by Crippen LogP contribution is 2.13. The van der Waals surface area contributed by atoms with Gasteiger partial charge in [-0.25, -0.2) is 0 Å². The number of carbonyl (C=O) groups is 1. The van der Waals surface area contributed by atoms with E-state index in [-0.39, 0.29) is 11.7 Å². The van der Waals surface area contributed by atoms with Gasteiger partial charge in [0.25, 0.3) is 0 Å². The molecule has 0 atom stereocenters. The molecule has 1 heterocycles. The number of hydrogen-bond acceptors (Lipinski definition) is 1. The molecule has 11 heavy (non-hydrogen) atoms. The summed E-state index contributed by atoms with van der Waals surface area (Å²) in [6.07, 6.45) is 0. The lowest BCUT2D eigenvalue weighted by atomic mass is 10.3. The van der Waals surface area contributed by atoms with Crippen LogP contribution in [0.2, 0.25) is 0 Å². The molecule has 0 amide bonds. The summed E-state index contributed by atoms with van der Waals surface area (Å²) in [4.78, 5) is 11.1. The third kappa shape index (κ3) is 1.65. The second kappa shape index (κ2) is 3.41. The number of ketones is 1. The summed E-state index contributed by atoms with van der Waals surface area (Å²) < 4.78 is 2.64. The van der Waals surface area contributed by atoms with Crippen molar-refractivity contribution in [3.63, 3.8) is 0 Å². The molecule has 0 saturated carbocycles. The third-order valence-corrected chi connectivity index (χ3v) is 2.51. The molecule has 1 aromatic rings. The number of nitrogens with zero attached hydrogens (tertiary/aromatic N) is 1. The zero-order valence-corrected chi connectivity index (χ0v) is 8.32. The summed E-state index contributed by atoms with van der Waals surface area (Å²) >= 11 is 8.67. The van der Waals surface area contributed by atoms with Crippen molar-refractivity contribution in [2.45, 2.75) is 0 Å². The van der Waals surface area contributed by atoms with Gasteiger partial charge in [-0.15, -0.1) is 11.6 Å². The van der Waals surface area contributed by atoms with Gasteiger partial charge in [0.15, 0.2) is 5.78 Å². The van der Waals surface area contributed by atoms with E-state index >= 15 is 0 Å². The summed E-state index contributed by atoms with van der Waals surface area (Å²) in [5.41, 5.74) is 0.631. The van der Waals surface area contributed by atoms with Crippen LogP contribution in [0.5, 0.6) is 0 Å². The minimum absolute atomic E-state index is 0.0320. The van der Waals surface area contributed by atoms with Crippen LogP contribution in [-0.2, 0) is 7.05 Å². The van der Waals surface area contributed by atoms with Crippen LogP contribution >= 0.6 is 27.5 Å². The van der Waals surface area contributed by atoms with Crippen molar-refractivity contribution < 1.29 is 4.79 Å². The predicted octanol–water partition coefficient (Wildman–Crippen LogP) is 2.21. The van der Waals surface area contributed by atoms with E-state index in [2.05, 4.69) is 15.9 Å². The molecule has 0 radical (unpaired) electrons. The number of aromatic nitrogens is 1. The van der Waals surface area contributed by atoms with Crippen LogP contribution in [0, 0.1) is 0 Å². The molecule has 0 fully saturated rings. The second-order valence-electron chi connectivity index (χ2n) is 2.16. The number of rotatable bonds is 2. The Balaban J connectivity index is 3.04. The lowest BCUT2D eigenvalue weighted by molar-refractivity contribution is 0.101. The van der Waals surface area contributed by atoms with E-state index in [4.69, 9.17) is 11.6 Å². The lowest BCUT2D eigenvalue weighted by Crippen LogP contribution is -2.06. The third-order valence-electron chi connectivity index (χ3n) is 1.47. The molecule has 0 aliphatic carbocycles. The van der Waals surface area contributed by atoms with Crippen molar-refractivity contribution in [3.05, 3.63) is 22.4 Å². The van der Waals surface area contributed by atoms with E-state index < -0.39 is 0 Å². The Morgan fingerprint density at radius 3 is 2.73 bits per heavy atom. The molecule has 0 N–H and O–H groups in total. The van der Waals surface area contributed by atoms with Crippen LogP contribution in [0.1, 0.15) is 10.5 Å².